The maximum Gasteiger partial charge on any atom is 0.328 e. The average Bonchev–Trinajstić information content (AvgIpc) is 3.24. The van der Waals surface area contributed by atoms with Crippen molar-refractivity contribution in [1.82, 2.24) is 10.2 Å². The number of ether oxygens (including phenoxy) is 1. The third-order valence-corrected chi connectivity index (χ3v) is 6.43. The summed E-state index contributed by atoms with van der Waals surface area (Å²) in [6.45, 7) is 2.43. The largest absolute Gasteiger partial charge is 0.467 e. The summed E-state index contributed by atoms with van der Waals surface area (Å²) in [6.07, 6.45) is 7.80. The lowest BCUT2D eigenvalue weighted by molar-refractivity contribution is -0.150. The smallest absolute Gasteiger partial charge is 0.328 e. The highest BCUT2D eigenvalue weighted by Crippen LogP contribution is 2.22. The number of methoxy groups -OCH3 is 1. The van der Waals surface area contributed by atoms with Crippen molar-refractivity contribution in [1.29, 1.82) is 0 Å². The molecule has 0 bridgehead atoms. The van der Waals surface area contributed by atoms with Gasteiger partial charge < -0.3 is 20.7 Å². The van der Waals surface area contributed by atoms with Crippen molar-refractivity contribution in [3.05, 3.63) is 48.0 Å². The van der Waals surface area contributed by atoms with E-state index < -0.39 is 12.0 Å². The second-order valence-corrected chi connectivity index (χ2v) is 9.07. The Morgan fingerprint density at radius 1 is 1.06 bits per heavy atom. The molecule has 2 aliphatic rings. The molecule has 2 aromatic carbocycles. The van der Waals surface area contributed by atoms with Gasteiger partial charge in [-0.2, -0.15) is 0 Å². The van der Waals surface area contributed by atoms with E-state index in [1.807, 2.05) is 30.3 Å². The topological polar surface area (TPSA) is 102 Å². The Bertz CT molecular complexity index is 971. The number of hydrogen-bond acceptors (Lipinski definition) is 5. The van der Waals surface area contributed by atoms with E-state index in [1.54, 1.807) is 12.1 Å². The molecule has 4 rings (SSSR count). The van der Waals surface area contributed by atoms with E-state index in [4.69, 9.17) is 10.5 Å². The number of nitrogens with two attached hydrogens (primary N) is 1. The van der Waals surface area contributed by atoms with Gasteiger partial charge in [-0.3, -0.25) is 9.59 Å². The van der Waals surface area contributed by atoms with E-state index >= 15 is 0 Å². The fraction of sp³-hybridized carbons (Fsp3) is 0.500. The van der Waals surface area contributed by atoms with Gasteiger partial charge in [0.05, 0.1) is 13.7 Å². The first-order chi connectivity index (χ1) is 15.9. The highest BCUT2D eigenvalue weighted by atomic mass is 16.5. The zero-order chi connectivity index (χ0) is 23.8. The molecule has 0 aromatic heterocycles. The molecule has 2 aromatic rings. The number of esters is 1. The number of fused-ring (bicyclic) bond motifs is 1. The summed E-state index contributed by atoms with van der Waals surface area (Å²) in [6, 6.07) is 12.1. The van der Waals surface area contributed by atoms with Gasteiger partial charge in [0, 0.05) is 18.2 Å². The number of amides is 2. The van der Waals surface area contributed by atoms with Crippen molar-refractivity contribution in [2.75, 3.05) is 20.2 Å². The van der Waals surface area contributed by atoms with E-state index in [0.29, 0.717) is 12.0 Å². The predicted molar refractivity (Wildman–Crippen MR) is 129 cm³/mol. The molecular formula is C26H35N3O4. The molecule has 7 heteroatoms. The number of carbonyl (C=O) groups excluding carboxylic acids is 3. The van der Waals surface area contributed by atoms with Crippen molar-refractivity contribution in [2.45, 2.75) is 57.5 Å². The third-order valence-electron chi connectivity index (χ3n) is 6.43. The Morgan fingerprint density at radius 3 is 2.39 bits per heavy atom. The van der Waals surface area contributed by atoms with E-state index in [9.17, 15) is 14.4 Å². The van der Waals surface area contributed by atoms with Gasteiger partial charge >= 0.3 is 5.97 Å². The number of likely N-dealkylation sites (tertiary alicyclic amines) is 1. The lowest BCUT2D eigenvalue weighted by atomic mass is 9.91. The highest BCUT2D eigenvalue weighted by Gasteiger charge is 2.38. The highest BCUT2D eigenvalue weighted by molar-refractivity contribution is 6.00. The standard InChI is InChI=1S/C19H21N3O4.C7H14/c1-26-19(25)16-9-15(20)11-22(16)17(23)10-21-18(24)14-7-6-12-4-2-3-5-13(12)8-14;1-7-5-3-2-4-6-7/h2-8,15-16H,9-11,20H2,1H3,(H,21,24);7H,2-6H2,1H3. The van der Waals surface area contributed by atoms with Crippen molar-refractivity contribution in [3.63, 3.8) is 0 Å². The lowest BCUT2D eigenvalue weighted by Gasteiger charge is -2.22. The normalized spacial score (nSPS) is 20.6. The molecular weight excluding hydrogens is 418 g/mol. The Labute approximate surface area is 195 Å². The molecule has 7 nitrogen and oxygen atoms in total. The quantitative estimate of drug-likeness (QED) is 0.692. The van der Waals surface area contributed by atoms with Crippen LogP contribution in [-0.4, -0.2) is 55.0 Å². The van der Waals surface area contributed by atoms with E-state index in [2.05, 4.69) is 12.2 Å². The Balaban J connectivity index is 0.000000374. The minimum Gasteiger partial charge on any atom is -0.467 e. The monoisotopic (exact) mass is 453 g/mol. The molecule has 178 valence electrons. The van der Waals surface area contributed by atoms with Crippen molar-refractivity contribution < 1.29 is 19.1 Å². The van der Waals surface area contributed by atoms with Gasteiger partial charge in [0.2, 0.25) is 5.91 Å². The summed E-state index contributed by atoms with van der Waals surface area (Å²) >= 11 is 0. The van der Waals surface area contributed by atoms with Crippen LogP contribution in [0.3, 0.4) is 0 Å². The molecule has 0 spiro atoms. The number of carbonyl (C=O) groups is 3. The van der Waals surface area contributed by atoms with E-state index in [-0.39, 0.29) is 30.9 Å². The van der Waals surface area contributed by atoms with Crippen molar-refractivity contribution in [3.8, 4) is 0 Å². The number of nitrogens with one attached hydrogen (secondary N) is 1. The summed E-state index contributed by atoms with van der Waals surface area (Å²) in [5.74, 6) is -0.161. The SMILES string of the molecule is CC1CCCCC1.COC(=O)C1CC(N)CN1C(=O)CNC(=O)c1ccc2ccccc2c1. The fourth-order valence-corrected chi connectivity index (χ4v) is 4.50. The maximum absolute atomic E-state index is 12.4. The van der Waals surface area contributed by atoms with Crippen LogP contribution in [0.25, 0.3) is 10.8 Å². The van der Waals surface area contributed by atoms with Gasteiger partial charge in [0.1, 0.15) is 6.04 Å². The van der Waals surface area contributed by atoms with Gasteiger partial charge in [-0.15, -0.1) is 0 Å². The number of nitrogens with zero attached hydrogens (tertiary/aromatic N) is 1. The first-order valence-corrected chi connectivity index (χ1v) is 11.8. The third kappa shape index (κ3) is 6.78. The molecule has 1 aliphatic carbocycles. The van der Waals surface area contributed by atoms with E-state index in [1.165, 1.54) is 44.1 Å². The average molecular weight is 454 g/mol. The molecule has 1 saturated carbocycles. The molecule has 1 heterocycles. The minimum atomic E-state index is -0.694. The zero-order valence-electron chi connectivity index (χ0n) is 19.6. The summed E-state index contributed by atoms with van der Waals surface area (Å²) in [5.41, 5.74) is 6.33. The predicted octanol–water partition coefficient (Wildman–Crippen LogP) is 3.26. The van der Waals surface area contributed by atoms with Crippen LogP contribution in [-0.2, 0) is 14.3 Å². The molecule has 1 aliphatic heterocycles. The summed E-state index contributed by atoms with van der Waals surface area (Å²) in [4.78, 5) is 37.9. The fourth-order valence-electron chi connectivity index (χ4n) is 4.50. The summed E-state index contributed by atoms with van der Waals surface area (Å²) < 4.78 is 4.72. The van der Waals surface area contributed by atoms with Crippen LogP contribution in [0.2, 0.25) is 0 Å². The van der Waals surface area contributed by atoms with Crippen LogP contribution in [0.4, 0.5) is 0 Å². The molecule has 0 radical (unpaired) electrons. The second kappa shape index (κ2) is 11.8. The molecule has 1 saturated heterocycles. The molecule has 33 heavy (non-hydrogen) atoms. The molecule has 3 N–H and O–H groups in total. The number of rotatable bonds is 4. The lowest BCUT2D eigenvalue weighted by Crippen LogP contribution is -2.46. The summed E-state index contributed by atoms with van der Waals surface area (Å²) in [5, 5.41) is 4.59. The summed E-state index contributed by atoms with van der Waals surface area (Å²) in [7, 11) is 1.27. The Hall–Kier alpha value is -2.93. The Kier molecular flexibility index (Phi) is 8.83. The second-order valence-electron chi connectivity index (χ2n) is 9.07. The van der Waals surface area contributed by atoms with Crippen LogP contribution in [0.1, 0.15) is 55.8 Å². The van der Waals surface area contributed by atoms with Crippen LogP contribution in [0.5, 0.6) is 0 Å². The number of benzene rings is 2. The van der Waals surface area contributed by atoms with Crippen LogP contribution >= 0.6 is 0 Å². The van der Waals surface area contributed by atoms with Crippen LogP contribution in [0, 0.1) is 5.92 Å². The Morgan fingerprint density at radius 2 is 1.76 bits per heavy atom. The van der Waals surface area contributed by atoms with Gasteiger partial charge in [-0.1, -0.05) is 69.4 Å². The van der Waals surface area contributed by atoms with Gasteiger partial charge in [-0.25, -0.2) is 4.79 Å². The van der Waals surface area contributed by atoms with E-state index in [0.717, 1.165) is 16.7 Å². The minimum absolute atomic E-state index is 0.203. The van der Waals surface area contributed by atoms with Crippen LogP contribution in [0.15, 0.2) is 42.5 Å². The molecule has 2 unspecified atom stereocenters. The van der Waals surface area contributed by atoms with Gasteiger partial charge in [0.25, 0.3) is 5.91 Å². The van der Waals surface area contributed by atoms with Crippen molar-refractivity contribution >= 4 is 28.6 Å². The van der Waals surface area contributed by atoms with Crippen molar-refractivity contribution in [2.24, 2.45) is 11.7 Å². The van der Waals surface area contributed by atoms with Gasteiger partial charge in [-0.05, 0) is 35.2 Å². The molecule has 2 atom stereocenters. The first kappa shape index (κ1) is 24.7. The number of hydrogen-bond donors (Lipinski definition) is 2. The van der Waals surface area contributed by atoms with Crippen LogP contribution < -0.4 is 11.1 Å². The molecule has 2 fully saturated rings. The van der Waals surface area contributed by atoms with Gasteiger partial charge in [0.15, 0.2) is 0 Å². The zero-order valence-corrected chi connectivity index (χ0v) is 19.6. The first-order valence-electron chi connectivity index (χ1n) is 11.8. The molecule has 2 amide bonds. The maximum atomic E-state index is 12.4.